The van der Waals surface area contributed by atoms with Gasteiger partial charge in [-0.05, 0) is 13.0 Å². The molecule has 10 heavy (non-hydrogen) atoms. The Balaban J connectivity index is 3.04. The quantitative estimate of drug-likeness (QED) is 0.553. The molecule has 54 valence electrons. The zero-order chi connectivity index (χ0) is 7.56. The molecule has 1 rings (SSSR count). The number of nitrogens with zero attached hydrogens (tertiary/aromatic N) is 1. The monoisotopic (exact) mass is 141 g/mol. The normalized spacial score (nSPS) is 9.50. The first kappa shape index (κ1) is 6.99. The lowest BCUT2D eigenvalue weighted by Gasteiger charge is -1.98. The number of hydrogen-bond acceptors (Lipinski definition) is 2. The van der Waals surface area contributed by atoms with E-state index in [4.69, 9.17) is 4.74 Å². The minimum Gasteiger partial charge on any atom is -0.481 e. The highest BCUT2D eigenvalue weighted by Crippen LogP contribution is 2.09. The van der Waals surface area contributed by atoms with Crippen LogP contribution in [0.1, 0.15) is 5.56 Å². The van der Waals surface area contributed by atoms with Gasteiger partial charge in [0.1, 0.15) is 0 Å². The summed E-state index contributed by atoms with van der Waals surface area (Å²) in [7, 11) is 1.46. The average molecular weight is 141 g/mol. The number of aromatic nitrogens is 1. The standard InChI is InChI=1S/C7H8FNO/c1-5-3-4-6(10-2)9-7(5)8/h3-4H,1-2H3. The number of pyridine rings is 1. The van der Waals surface area contributed by atoms with Crippen molar-refractivity contribution in [2.24, 2.45) is 0 Å². The summed E-state index contributed by atoms with van der Waals surface area (Å²) in [6.07, 6.45) is 0. The fourth-order valence-electron chi connectivity index (χ4n) is 0.601. The van der Waals surface area contributed by atoms with Crippen molar-refractivity contribution < 1.29 is 9.13 Å². The smallest absolute Gasteiger partial charge is 0.219 e. The van der Waals surface area contributed by atoms with Crippen LogP contribution in [0.4, 0.5) is 4.39 Å². The topological polar surface area (TPSA) is 22.1 Å². The number of ether oxygens (including phenoxy) is 1. The number of aryl methyl sites for hydroxylation is 1. The SMILES string of the molecule is COc1ccc(C)c(F)n1. The molecule has 3 heteroatoms. The van der Waals surface area contributed by atoms with E-state index in [-0.39, 0.29) is 0 Å². The third-order valence-corrected chi connectivity index (χ3v) is 1.22. The Morgan fingerprint density at radius 1 is 1.50 bits per heavy atom. The largest absolute Gasteiger partial charge is 0.481 e. The minimum absolute atomic E-state index is 0.308. The molecular weight excluding hydrogens is 133 g/mol. The van der Waals surface area contributed by atoms with Crippen molar-refractivity contribution in [3.05, 3.63) is 23.6 Å². The van der Waals surface area contributed by atoms with E-state index in [1.54, 1.807) is 19.1 Å². The van der Waals surface area contributed by atoms with Gasteiger partial charge in [0.05, 0.1) is 7.11 Å². The molecule has 0 N–H and O–H groups in total. The summed E-state index contributed by atoms with van der Waals surface area (Å²) < 4.78 is 17.3. The van der Waals surface area contributed by atoms with Crippen molar-refractivity contribution in [2.75, 3.05) is 7.11 Å². The Morgan fingerprint density at radius 3 is 2.70 bits per heavy atom. The molecule has 0 fully saturated rings. The molecule has 0 atom stereocenters. The number of rotatable bonds is 1. The number of halogens is 1. The first-order valence-electron chi connectivity index (χ1n) is 2.91. The lowest BCUT2D eigenvalue weighted by Crippen LogP contribution is -1.92. The molecule has 0 saturated carbocycles. The lowest BCUT2D eigenvalue weighted by molar-refractivity contribution is 0.386. The molecule has 0 aromatic carbocycles. The number of hydrogen-bond donors (Lipinski definition) is 0. The van der Waals surface area contributed by atoms with Crippen LogP contribution in [0.2, 0.25) is 0 Å². The maximum atomic E-state index is 12.6. The zero-order valence-electron chi connectivity index (χ0n) is 5.89. The molecule has 0 aliphatic heterocycles. The molecule has 0 spiro atoms. The molecule has 0 aliphatic rings. The third kappa shape index (κ3) is 1.23. The van der Waals surface area contributed by atoms with Crippen LogP contribution < -0.4 is 4.74 Å². The molecule has 1 aromatic rings. The molecule has 1 heterocycles. The Hall–Kier alpha value is -1.12. The molecule has 0 saturated heterocycles. The molecule has 1 aromatic heterocycles. The Kier molecular flexibility index (Phi) is 1.85. The maximum Gasteiger partial charge on any atom is 0.219 e. The molecule has 0 unspecified atom stereocenters. The van der Waals surface area contributed by atoms with Crippen LogP contribution in [0, 0.1) is 12.9 Å². The lowest BCUT2D eigenvalue weighted by atomic mass is 10.3. The number of methoxy groups -OCH3 is 1. The van der Waals surface area contributed by atoms with Gasteiger partial charge >= 0.3 is 0 Å². The van der Waals surface area contributed by atoms with Gasteiger partial charge in [-0.25, -0.2) is 0 Å². The van der Waals surface area contributed by atoms with Gasteiger partial charge < -0.3 is 4.74 Å². The van der Waals surface area contributed by atoms with E-state index < -0.39 is 5.95 Å². The van der Waals surface area contributed by atoms with Crippen molar-refractivity contribution in [3.8, 4) is 5.88 Å². The summed E-state index contributed by atoms with van der Waals surface area (Å²) in [6.45, 7) is 1.65. The summed E-state index contributed by atoms with van der Waals surface area (Å²) >= 11 is 0. The van der Waals surface area contributed by atoms with Gasteiger partial charge in [-0.1, -0.05) is 0 Å². The van der Waals surface area contributed by atoms with E-state index in [0.717, 1.165) is 0 Å². The Bertz CT molecular complexity index is 237. The van der Waals surface area contributed by atoms with Crippen LogP contribution in [-0.2, 0) is 0 Å². The van der Waals surface area contributed by atoms with Crippen molar-refractivity contribution in [1.29, 1.82) is 0 Å². The first-order chi connectivity index (χ1) is 4.74. The van der Waals surface area contributed by atoms with Crippen LogP contribution in [0.3, 0.4) is 0 Å². The van der Waals surface area contributed by atoms with Crippen LogP contribution >= 0.6 is 0 Å². The van der Waals surface area contributed by atoms with E-state index in [0.29, 0.717) is 11.4 Å². The fourth-order valence-corrected chi connectivity index (χ4v) is 0.601. The summed E-state index contributed by atoms with van der Waals surface area (Å²) in [6, 6.07) is 3.25. The molecule has 0 radical (unpaired) electrons. The van der Waals surface area contributed by atoms with Gasteiger partial charge in [-0.2, -0.15) is 9.37 Å². The first-order valence-corrected chi connectivity index (χ1v) is 2.91. The van der Waals surface area contributed by atoms with Crippen LogP contribution in [0.15, 0.2) is 12.1 Å². The highest BCUT2D eigenvalue weighted by atomic mass is 19.1. The van der Waals surface area contributed by atoms with Crippen molar-refractivity contribution in [2.45, 2.75) is 6.92 Å². The average Bonchev–Trinajstić information content (AvgIpc) is 1.95. The van der Waals surface area contributed by atoms with E-state index >= 15 is 0 Å². The van der Waals surface area contributed by atoms with Crippen molar-refractivity contribution in [1.82, 2.24) is 4.98 Å². The molecule has 0 amide bonds. The van der Waals surface area contributed by atoms with E-state index in [9.17, 15) is 4.39 Å². The maximum absolute atomic E-state index is 12.6. The highest BCUT2D eigenvalue weighted by Gasteiger charge is 1.98. The zero-order valence-corrected chi connectivity index (χ0v) is 5.89. The minimum atomic E-state index is -0.473. The summed E-state index contributed by atoms with van der Waals surface area (Å²) in [5.74, 6) is -0.164. The van der Waals surface area contributed by atoms with Crippen LogP contribution in [-0.4, -0.2) is 12.1 Å². The second-order valence-electron chi connectivity index (χ2n) is 1.96. The predicted molar refractivity (Wildman–Crippen MR) is 35.5 cm³/mol. The third-order valence-electron chi connectivity index (χ3n) is 1.22. The fraction of sp³-hybridized carbons (Fsp3) is 0.286. The second kappa shape index (κ2) is 2.64. The predicted octanol–water partition coefficient (Wildman–Crippen LogP) is 1.54. The van der Waals surface area contributed by atoms with Gasteiger partial charge in [0.15, 0.2) is 0 Å². The Morgan fingerprint density at radius 2 is 2.20 bits per heavy atom. The highest BCUT2D eigenvalue weighted by molar-refractivity contribution is 5.17. The van der Waals surface area contributed by atoms with Gasteiger partial charge in [0, 0.05) is 11.6 Å². The molecule has 0 aliphatic carbocycles. The van der Waals surface area contributed by atoms with Crippen LogP contribution in [0.25, 0.3) is 0 Å². The summed E-state index contributed by atoms with van der Waals surface area (Å²) in [5.41, 5.74) is 0.529. The summed E-state index contributed by atoms with van der Waals surface area (Å²) in [4.78, 5) is 3.50. The van der Waals surface area contributed by atoms with E-state index in [1.165, 1.54) is 7.11 Å². The van der Waals surface area contributed by atoms with Gasteiger partial charge in [0.25, 0.3) is 0 Å². The molecular formula is C7H8FNO. The van der Waals surface area contributed by atoms with E-state index in [2.05, 4.69) is 4.98 Å². The second-order valence-corrected chi connectivity index (χ2v) is 1.96. The summed E-state index contributed by atoms with van der Waals surface area (Å²) in [5, 5.41) is 0. The van der Waals surface area contributed by atoms with E-state index in [1.807, 2.05) is 0 Å². The van der Waals surface area contributed by atoms with Crippen LogP contribution in [0.5, 0.6) is 5.88 Å². The molecule has 2 nitrogen and oxygen atoms in total. The van der Waals surface area contributed by atoms with Gasteiger partial charge in [-0.15, -0.1) is 0 Å². The molecule has 0 bridgehead atoms. The van der Waals surface area contributed by atoms with Crippen molar-refractivity contribution in [3.63, 3.8) is 0 Å². The Labute approximate surface area is 58.7 Å². The van der Waals surface area contributed by atoms with Gasteiger partial charge in [-0.3, -0.25) is 0 Å². The van der Waals surface area contributed by atoms with Gasteiger partial charge in [0.2, 0.25) is 11.8 Å². The van der Waals surface area contributed by atoms with Crippen molar-refractivity contribution >= 4 is 0 Å².